The van der Waals surface area contributed by atoms with Gasteiger partial charge in [-0.2, -0.15) is 13.2 Å². The second-order valence-electron chi connectivity index (χ2n) is 7.43. The molecule has 0 aromatic carbocycles. The monoisotopic (exact) mass is 437 g/mol. The van der Waals surface area contributed by atoms with Gasteiger partial charge in [-0.15, -0.1) is 11.3 Å². The number of thiophene rings is 1. The second kappa shape index (κ2) is 8.49. The highest BCUT2D eigenvalue weighted by atomic mass is 32.1. The van der Waals surface area contributed by atoms with Gasteiger partial charge in [0.25, 0.3) is 0 Å². The quantitative estimate of drug-likeness (QED) is 0.674. The van der Waals surface area contributed by atoms with E-state index in [0.717, 1.165) is 39.8 Å². The fourth-order valence-corrected chi connectivity index (χ4v) is 4.59. The number of aromatic nitrogens is 1. The Morgan fingerprint density at radius 1 is 1.23 bits per heavy atom. The van der Waals surface area contributed by atoms with Gasteiger partial charge < -0.3 is 14.4 Å². The zero-order valence-electron chi connectivity index (χ0n) is 16.5. The summed E-state index contributed by atoms with van der Waals surface area (Å²) in [4.78, 5) is 11.8. The minimum atomic E-state index is -4.36. The van der Waals surface area contributed by atoms with Crippen molar-refractivity contribution in [1.82, 2.24) is 4.98 Å². The van der Waals surface area contributed by atoms with E-state index in [4.69, 9.17) is 9.47 Å². The molecule has 160 valence electrons. The standard InChI is InChI=1S/C21H22F3N3O2S/c1-20(29-14-21(22,23)24)5-2-17(26-13-20)18-12-16(15-3-6-25-7-4-15)19(30-18)27-8-10-28-11-9-27/h2-4,6-7,12-13H,5,8-11,14H2,1H3. The molecule has 2 aromatic rings. The maximum Gasteiger partial charge on any atom is 0.411 e. The van der Waals surface area contributed by atoms with Gasteiger partial charge in [-0.05, 0) is 30.7 Å². The van der Waals surface area contributed by atoms with Crippen molar-refractivity contribution in [2.45, 2.75) is 25.1 Å². The fraction of sp³-hybridized carbons (Fsp3) is 0.429. The zero-order valence-corrected chi connectivity index (χ0v) is 17.3. The van der Waals surface area contributed by atoms with Crippen LogP contribution in [0.1, 0.15) is 18.2 Å². The van der Waals surface area contributed by atoms with E-state index in [1.54, 1.807) is 30.7 Å². The van der Waals surface area contributed by atoms with Crippen LogP contribution in [0, 0.1) is 0 Å². The van der Waals surface area contributed by atoms with Crippen LogP contribution in [0.2, 0.25) is 0 Å². The molecule has 1 saturated heterocycles. The third-order valence-electron chi connectivity index (χ3n) is 5.00. The average Bonchev–Trinajstić information content (AvgIpc) is 3.19. The Morgan fingerprint density at radius 3 is 2.60 bits per heavy atom. The van der Waals surface area contributed by atoms with Gasteiger partial charge in [-0.25, -0.2) is 0 Å². The molecule has 0 aliphatic carbocycles. The van der Waals surface area contributed by atoms with Crippen LogP contribution in [0.5, 0.6) is 0 Å². The number of aliphatic imine (C=N–C) groups is 1. The van der Waals surface area contributed by atoms with E-state index in [1.807, 2.05) is 18.2 Å². The van der Waals surface area contributed by atoms with Gasteiger partial charge in [-0.1, -0.05) is 6.08 Å². The molecular formula is C21H22F3N3O2S. The Morgan fingerprint density at radius 2 is 1.97 bits per heavy atom. The third-order valence-corrected chi connectivity index (χ3v) is 6.22. The van der Waals surface area contributed by atoms with Crippen molar-refractivity contribution >= 4 is 28.2 Å². The van der Waals surface area contributed by atoms with Crippen molar-refractivity contribution in [1.29, 1.82) is 0 Å². The lowest BCUT2D eigenvalue weighted by molar-refractivity contribution is -0.190. The number of anilines is 1. The van der Waals surface area contributed by atoms with Crippen LogP contribution in [0.3, 0.4) is 0 Å². The lowest BCUT2D eigenvalue weighted by atomic mass is 10.00. The molecule has 0 N–H and O–H groups in total. The van der Waals surface area contributed by atoms with E-state index >= 15 is 0 Å². The smallest absolute Gasteiger partial charge is 0.378 e. The molecule has 0 saturated carbocycles. The van der Waals surface area contributed by atoms with Crippen molar-refractivity contribution in [3.63, 3.8) is 0 Å². The highest BCUT2D eigenvalue weighted by Gasteiger charge is 2.34. The summed E-state index contributed by atoms with van der Waals surface area (Å²) in [5, 5.41) is 1.14. The molecule has 4 rings (SSSR count). The van der Waals surface area contributed by atoms with Gasteiger partial charge in [0.1, 0.15) is 12.2 Å². The van der Waals surface area contributed by atoms with E-state index in [-0.39, 0.29) is 0 Å². The SMILES string of the molecule is CC1(OCC(F)(F)F)C=NC(c2cc(-c3ccncc3)c(N3CCOCC3)s2)=CC1. The van der Waals surface area contributed by atoms with Gasteiger partial charge >= 0.3 is 6.18 Å². The molecule has 1 unspecified atom stereocenters. The lowest BCUT2D eigenvalue weighted by Crippen LogP contribution is -2.36. The van der Waals surface area contributed by atoms with Crippen LogP contribution < -0.4 is 4.90 Å². The minimum Gasteiger partial charge on any atom is -0.378 e. The molecule has 0 bridgehead atoms. The van der Waals surface area contributed by atoms with E-state index in [0.29, 0.717) is 19.6 Å². The van der Waals surface area contributed by atoms with E-state index in [9.17, 15) is 13.2 Å². The number of rotatable bonds is 5. The molecule has 2 aliphatic heterocycles. The fourth-order valence-electron chi connectivity index (χ4n) is 3.37. The summed E-state index contributed by atoms with van der Waals surface area (Å²) >= 11 is 1.63. The summed E-state index contributed by atoms with van der Waals surface area (Å²) in [6.45, 7) is 3.31. The molecule has 9 heteroatoms. The Hall–Kier alpha value is -2.23. The first-order chi connectivity index (χ1) is 14.3. The van der Waals surface area contributed by atoms with Crippen molar-refractivity contribution in [2.75, 3.05) is 37.8 Å². The Labute approximate surface area is 176 Å². The first-order valence-electron chi connectivity index (χ1n) is 9.66. The van der Waals surface area contributed by atoms with Crippen LogP contribution in [0.15, 0.2) is 41.7 Å². The predicted molar refractivity (Wildman–Crippen MR) is 112 cm³/mol. The number of halogens is 3. The van der Waals surface area contributed by atoms with Gasteiger partial charge in [0.05, 0.1) is 28.8 Å². The van der Waals surface area contributed by atoms with Crippen LogP contribution in [0.4, 0.5) is 18.2 Å². The number of alkyl halides is 3. The maximum absolute atomic E-state index is 12.5. The molecule has 0 amide bonds. The van der Waals surface area contributed by atoms with Gasteiger partial charge in [0.15, 0.2) is 0 Å². The van der Waals surface area contributed by atoms with E-state index in [1.165, 1.54) is 6.21 Å². The van der Waals surface area contributed by atoms with E-state index < -0.39 is 18.4 Å². The molecule has 4 heterocycles. The molecule has 1 atom stereocenters. The Balaban J connectivity index is 1.59. The van der Waals surface area contributed by atoms with Crippen LogP contribution in [-0.4, -0.2) is 55.9 Å². The topological polar surface area (TPSA) is 47.0 Å². The second-order valence-corrected chi connectivity index (χ2v) is 8.46. The van der Waals surface area contributed by atoms with E-state index in [2.05, 4.69) is 20.9 Å². The summed E-state index contributed by atoms with van der Waals surface area (Å²) in [7, 11) is 0. The van der Waals surface area contributed by atoms with Gasteiger partial charge in [0, 0.05) is 43.7 Å². The Kier molecular flexibility index (Phi) is 5.95. The highest BCUT2D eigenvalue weighted by molar-refractivity contribution is 7.17. The molecular weight excluding hydrogens is 415 g/mol. The summed E-state index contributed by atoms with van der Waals surface area (Å²) in [5.41, 5.74) is 1.85. The maximum atomic E-state index is 12.5. The van der Waals surface area contributed by atoms with Crippen molar-refractivity contribution < 1.29 is 22.6 Å². The van der Waals surface area contributed by atoms with Crippen LogP contribution in [0.25, 0.3) is 16.8 Å². The normalized spacial score (nSPS) is 22.3. The molecule has 5 nitrogen and oxygen atoms in total. The van der Waals surface area contributed by atoms with Gasteiger partial charge in [-0.3, -0.25) is 9.98 Å². The first kappa shape index (κ1) is 21.0. The number of nitrogens with zero attached hydrogens (tertiary/aromatic N) is 3. The molecule has 2 aromatic heterocycles. The zero-order chi connectivity index (χ0) is 21.2. The van der Waals surface area contributed by atoms with Gasteiger partial charge in [0.2, 0.25) is 0 Å². The number of pyridine rings is 1. The Bertz CT molecular complexity index is 937. The summed E-state index contributed by atoms with van der Waals surface area (Å²) in [5.74, 6) is 0. The highest BCUT2D eigenvalue weighted by Crippen LogP contribution is 2.43. The average molecular weight is 437 g/mol. The molecule has 1 fully saturated rings. The number of morpholine rings is 1. The number of ether oxygens (including phenoxy) is 2. The van der Waals surface area contributed by atoms with Crippen molar-refractivity contribution in [3.8, 4) is 11.1 Å². The number of hydrogen-bond donors (Lipinski definition) is 0. The number of hydrogen-bond acceptors (Lipinski definition) is 6. The third kappa shape index (κ3) is 4.91. The molecule has 0 spiro atoms. The molecule has 0 radical (unpaired) electrons. The molecule has 2 aliphatic rings. The molecule has 30 heavy (non-hydrogen) atoms. The van der Waals surface area contributed by atoms with Crippen LogP contribution >= 0.6 is 11.3 Å². The van der Waals surface area contributed by atoms with Crippen molar-refractivity contribution in [3.05, 3.63) is 41.5 Å². The van der Waals surface area contributed by atoms with Crippen molar-refractivity contribution in [2.24, 2.45) is 4.99 Å². The summed E-state index contributed by atoms with van der Waals surface area (Å²) in [6, 6.07) is 6.03. The first-order valence-corrected chi connectivity index (χ1v) is 10.5. The minimum absolute atomic E-state index is 0.331. The summed E-state index contributed by atoms with van der Waals surface area (Å²) in [6.07, 6.45) is 2.82. The summed E-state index contributed by atoms with van der Waals surface area (Å²) < 4.78 is 48.1. The predicted octanol–water partition coefficient (Wildman–Crippen LogP) is 4.80. The lowest BCUT2D eigenvalue weighted by Gasteiger charge is -2.28. The largest absolute Gasteiger partial charge is 0.411 e. The van der Waals surface area contributed by atoms with Crippen LogP contribution in [-0.2, 0) is 9.47 Å².